The van der Waals surface area contributed by atoms with Gasteiger partial charge in [-0.2, -0.15) is 0 Å². The summed E-state index contributed by atoms with van der Waals surface area (Å²) in [5.41, 5.74) is -0.285. The number of benzene rings is 1. The van der Waals surface area contributed by atoms with Crippen LogP contribution in [0, 0.1) is 10.1 Å². The van der Waals surface area contributed by atoms with E-state index in [0.717, 1.165) is 0 Å². The molecule has 0 heterocycles. The first kappa shape index (κ1) is 11.7. The van der Waals surface area contributed by atoms with Crippen LogP contribution in [0.15, 0.2) is 18.2 Å². The van der Waals surface area contributed by atoms with Gasteiger partial charge in [-0.3, -0.25) is 10.1 Å². The monoisotopic (exact) mass is 197 g/mol. The molecule has 0 saturated heterocycles. The number of nitro benzene ring substituents is 1. The van der Waals surface area contributed by atoms with E-state index in [4.69, 9.17) is 16.7 Å². The number of nitro groups is 1. The third-order valence-corrected chi connectivity index (χ3v) is 1.54. The fraction of sp³-hybridized carbons (Fsp3) is 0. The molecule has 0 aliphatic heterocycles. The summed E-state index contributed by atoms with van der Waals surface area (Å²) in [6.07, 6.45) is 0. The Hall–Kier alpha value is -0.290. The van der Waals surface area contributed by atoms with Crippen molar-refractivity contribution in [2.75, 3.05) is 0 Å². The van der Waals surface area contributed by atoms with Crippen LogP contribution >= 0.6 is 11.6 Å². The molecule has 1 aromatic carbocycles. The molecule has 0 saturated carbocycles. The summed E-state index contributed by atoms with van der Waals surface area (Å²) in [5.74, 6) is -0.277. The summed E-state index contributed by atoms with van der Waals surface area (Å²) in [4.78, 5) is 9.53. The van der Waals surface area contributed by atoms with Gasteiger partial charge in [-0.1, -0.05) is 17.7 Å². The molecule has 60 valence electrons. The summed E-state index contributed by atoms with van der Waals surface area (Å²) >= 11 is 5.40. The molecule has 1 aromatic rings. The van der Waals surface area contributed by atoms with Gasteiger partial charge in [-0.15, -0.1) is 0 Å². The van der Waals surface area contributed by atoms with Crippen molar-refractivity contribution in [2.45, 2.75) is 0 Å². The predicted octanol–water partition coefficient (Wildman–Crippen LogP) is -0.930. The maximum atomic E-state index is 10.2. The Labute approximate surface area is 97.1 Å². The predicted molar refractivity (Wildman–Crippen MR) is 40.9 cm³/mol. The zero-order chi connectivity index (χ0) is 8.43. The van der Waals surface area contributed by atoms with Crippen molar-refractivity contribution >= 4 is 17.3 Å². The van der Waals surface area contributed by atoms with Crippen LogP contribution in [-0.4, -0.2) is 10.0 Å². The minimum atomic E-state index is -0.651. The van der Waals surface area contributed by atoms with Crippen LogP contribution in [-0.2, 0) is 0 Å². The Bertz CT molecular complexity index is 310. The zero-order valence-electron chi connectivity index (χ0n) is 7.32. The Balaban J connectivity index is 0. The molecule has 0 spiro atoms. The van der Waals surface area contributed by atoms with Crippen molar-refractivity contribution in [2.24, 2.45) is 0 Å². The van der Waals surface area contributed by atoms with E-state index in [9.17, 15) is 10.1 Å². The van der Waals surface area contributed by atoms with E-state index in [2.05, 4.69) is 0 Å². The van der Waals surface area contributed by atoms with Crippen molar-refractivity contribution in [1.29, 1.82) is 0 Å². The number of aromatic hydroxyl groups is 1. The Morgan fingerprint density at radius 1 is 1.58 bits per heavy atom. The van der Waals surface area contributed by atoms with Gasteiger partial charge in [0.1, 0.15) is 5.75 Å². The van der Waals surface area contributed by atoms with Gasteiger partial charge in [-0.05, 0) is 6.07 Å². The van der Waals surface area contributed by atoms with Crippen molar-refractivity contribution < 1.29 is 41.0 Å². The Kier molecular flexibility index (Phi) is 4.55. The minimum absolute atomic E-state index is 0. The summed E-state index contributed by atoms with van der Waals surface area (Å²) in [6, 6.07) is 3.87. The molecule has 0 fully saturated rings. The topological polar surface area (TPSA) is 63.4 Å². The second-order valence-electron chi connectivity index (χ2n) is 1.87. The van der Waals surface area contributed by atoms with Gasteiger partial charge in [-0.25, -0.2) is 0 Å². The van der Waals surface area contributed by atoms with Gasteiger partial charge in [0.05, 0.1) is 4.92 Å². The van der Waals surface area contributed by atoms with Crippen molar-refractivity contribution in [3.05, 3.63) is 33.3 Å². The molecule has 0 aliphatic rings. The minimum Gasteiger partial charge on any atom is -1.00 e. The van der Waals surface area contributed by atoms with E-state index in [0.29, 0.717) is 0 Å². The van der Waals surface area contributed by atoms with E-state index >= 15 is 0 Å². The molecule has 0 amide bonds. The van der Waals surface area contributed by atoms with E-state index < -0.39 is 4.92 Å². The number of nitrogens with zero attached hydrogens (tertiary/aromatic N) is 1. The molecule has 1 N–H and O–H groups in total. The molecular weight excluding hydrogens is 193 g/mol. The van der Waals surface area contributed by atoms with E-state index in [1.165, 1.54) is 18.2 Å². The third kappa shape index (κ3) is 2.35. The molecule has 0 atom stereocenters. The zero-order valence-corrected chi connectivity index (χ0v) is 9.08. The fourth-order valence-corrected chi connectivity index (χ4v) is 0.844. The summed E-state index contributed by atoms with van der Waals surface area (Å²) in [6.45, 7) is 0. The van der Waals surface area contributed by atoms with Crippen LogP contribution in [0.1, 0.15) is 1.43 Å². The standard InChI is InChI=1S/C6H4ClNO3.Na.H/c7-6-4(8(10)11)2-1-3-5(6)9;;/h1-3,9H;;/q;+1;-1. The van der Waals surface area contributed by atoms with Gasteiger partial charge in [0.15, 0.2) is 5.02 Å². The molecule has 12 heavy (non-hydrogen) atoms. The van der Waals surface area contributed by atoms with Crippen LogP contribution in [0.3, 0.4) is 0 Å². The molecule has 0 aliphatic carbocycles. The fourth-order valence-electron chi connectivity index (χ4n) is 0.649. The number of hydrogen-bond acceptors (Lipinski definition) is 3. The second-order valence-corrected chi connectivity index (χ2v) is 2.25. The van der Waals surface area contributed by atoms with Crippen LogP contribution in [0.2, 0.25) is 5.02 Å². The summed E-state index contributed by atoms with van der Waals surface area (Å²) < 4.78 is 0. The van der Waals surface area contributed by atoms with Crippen molar-refractivity contribution in [1.82, 2.24) is 0 Å². The van der Waals surface area contributed by atoms with Crippen molar-refractivity contribution in [3.8, 4) is 5.75 Å². The number of phenols is 1. The third-order valence-electron chi connectivity index (χ3n) is 1.15. The first-order chi connectivity index (χ1) is 5.13. The molecule has 4 nitrogen and oxygen atoms in total. The van der Waals surface area contributed by atoms with Gasteiger partial charge in [0.25, 0.3) is 5.69 Å². The molecule has 0 bridgehead atoms. The maximum Gasteiger partial charge on any atom is 1.00 e. The Morgan fingerprint density at radius 2 is 2.17 bits per heavy atom. The summed E-state index contributed by atoms with van der Waals surface area (Å²) in [5, 5.41) is 18.9. The largest absolute Gasteiger partial charge is 1.00 e. The second kappa shape index (κ2) is 4.67. The number of phenolic OH excluding ortho intramolecular Hbond substituents is 1. The maximum absolute atomic E-state index is 10.2. The van der Waals surface area contributed by atoms with E-state index in [1.54, 1.807) is 0 Å². The molecule has 0 unspecified atom stereocenters. The van der Waals surface area contributed by atoms with E-state index in [1.807, 2.05) is 0 Å². The van der Waals surface area contributed by atoms with Crippen molar-refractivity contribution in [3.63, 3.8) is 0 Å². The molecule has 6 heteroatoms. The van der Waals surface area contributed by atoms with Crippen LogP contribution in [0.25, 0.3) is 0 Å². The quantitative estimate of drug-likeness (QED) is 0.360. The average Bonchev–Trinajstić information content (AvgIpc) is 1.94. The van der Waals surface area contributed by atoms with Gasteiger partial charge >= 0.3 is 29.6 Å². The normalized spacial score (nSPS) is 8.75. The molecule has 0 radical (unpaired) electrons. The first-order valence-electron chi connectivity index (χ1n) is 2.75. The summed E-state index contributed by atoms with van der Waals surface area (Å²) in [7, 11) is 0. The smallest absolute Gasteiger partial charge is 1.00 e. The molecular formula is C6H5ClNNaO3. The molecule has 1 rings (SSSR count). The van der Waals surface area contributed by atoms with Gasteiger partial charge < -0.3 is 6.53 Å². The van der Waals surface area contributed by atoms with Crippen LogP contribution in [0.4, 0.5) is 5.69 Å². The first-order valence-corrected chi connectivity index (χ1v) is 3.12. The van der Waals surface area contributed by atoms with Crippen LogP contribution < -0.4 is 29.6 Å². The molecule has 0 aromatic heterocycles. The van der Waals surface area contributed by atoms with Crippen LogP contribution in [0.5, 0.6) is 5.75 Å². The SMILES string of the molecule is O=[N+]([O-])c1cccc(O)c1Cl.[H-].[Na+]. The number of rotatable bonds is 1. The average molecular weight is 198 g/mol. The van der Waals surface area contributed by atoms with E-state index in [-0.39, 0.29) is 47.4 Å². The number of hydrogen-bond donors (Lipinski definition) is 1. The van der Waals surface area contributed by atoms with Gasteiger partial charge in [0, 0.05) is 6.07 Å². The Morgan fingerprint density at radius 3 is 2.58 bits per heavy atom. The number of halogens is 1. The van der Waals surface area contributed by atoms with Gasteiger partial charge in [0.2, 0.25) is 0 Å².